The molecule has 0 aliphatic carbocycles. The quantitative estimate of drug-likeness (QED) is 0.899. The van der Waals surface area contributed by atoms with Crippen molar-refractivity contribution in [3.05, 3.63) is 46.7 Å². The molecule has 6 nitrogen and oxygen atoms in total. The first-order valence-electron chi connectivity index (χ1n) is 7.76. The van der Waals surface area contributed by atoms with Gasteiger partial charge in [0.15, 0.2) is 5.69 Å². The molecule has 1 saturated heterocycles. The summed E-state index contributed by atoms with van der Waals surface area (Å²) in [6.45, 7) is 2.39. The van der Waals surface area contributed by atoms with Gasteiger partial charge in [0.05, 0.1) is 12.2 Å². The van der Waals surface area contributed by atoms with Crippen molar-refractivity contribution in [3.63, 3.8) is 0 Å². The fourth-order valence-electron chi connectivity index (χ4n) is 2.77. The second-order valence-corrected chi connectivity index (χ2v) is 6.22. The third-order valence-electron chi connectivity index (χ3n) is 4.12. The van der Waals surface area contributed by atoms with E-state index in [0.717, 1.165) is 31.5 Å². The highest BCUT2D eigenvalue weighted by molar-refractivity contribution is 6.31. The van der Waals surface area contributed by atoms with Crippen LogP contribution in [0.4, 0.5) is 0 Å². The fraction of sp³-hybridized carbons (Fsp3) is 0.438. The molecule has 1 aromatic carbocycles. The number of benzene rings is 1. The van der Waals surface area contributed by atoms with E-state index in [1.54, 1.807) is 18.1 Å². The lowest BCUT2D eigenvalue weighted by molar-refractivity contribution is 0.0779. The Hall–Kier alpha value is -1.63. The van der Waals surface area contributed by atoms with Crippen LogP contribution in [0.15, 0.2) is 30.5 Å². The summed E-state index contributed by atoms with van der Waals surface area (Å²) in [4.78, 5) is 14.1. The van der Waals surface area contributed by atoms with E-state index in [4.69, 9.17) is 11.6 Å². The summed E-state index contributed by atoms with van der Waals surface area (Å²) in [5, 5.41) is 12.2. The van der Waals surface area contributed by atoms with Crippen LogP contribution in [0.25, 0.3) is 0 Å². The highest BCUT2D eigenvalue weighted by Gasteiger charge is 2.21. The van der Waals surface area contributed by atoms with Crippen LogP contribution in [0.2, 0.25) is 5.02 Å². The SMILES string of the molecule is CN(Cc1ccccc1Cl)C(=O)c1cn(C2CCNCC2)nn1.Cl. The van der Waals surface area contributed by atoms with E-state index in [-0.39, 0.29) is 18.3 Å². The molecule has 1 fully saturated rings. The first-order chi connectivity index (χ1) is 11.1. The molecule has 0 radical (unpaired) electrons. The zero-order valence-electron chi connectivity index (χ0n) is 13.5. The molecular formula is C16H21Cl2N5O. The Kier molecular flexibility index (Phi) is 6.60. The topological polar surface area (TPSA) is 63.1 Å². The molecule has 0 spiro atoms. The Morgan fingerprint density at radius 1 is 1.38 bits per heavy atom. The van der Waals surface area contributed by atoms with Gasteiger partial charge in [-0.3, -0.25) is 4.79 Å². The zero-order chi connectivity index (χ0) is 16.2. The van der Waals surface area contributed by atoms with Crippen LogP contribution in [0.3, 0.4) is 0 Å². The Morgan fingerprint density at radius 2 is 2.08 bits per heavy atom. The average Bonchev–Trinajstić information content (AvgIpc) is 3.07. The number of rotatable bonds is 4. The summed E-state index contributed by atoms with van der Waals surface area (Å²) in [5.74, 6) is -0.148. The Labute approximate surface area is 152 Å². The number of amides is 1. The molecule has 1 amide bonds. The zero-order valence-corrected chi connectivity index (χ0v) is 15.1. The molecule has 0 atom stereocenters. The van der Waals surface area contributed by atoms with Crippen LogP contribution in [-0.2, 0) is 6.54 Å². The molecule has 1 aliphatic heterocycles. The van der Waals surface area contributed by atoms with Crippen molar-refractivity contribution in [2.45, 2.75) is 25.4 Å². The second kappa shape index (κ2) is 8.46. The van der Waals surface area contributed by atoms with Gasteiger partial charge in [0.2, 0.25) is 0 Å². The minimum atomic E-state index is -0.148. The lowest BCUT2D eigenvalue weighted by atomic mass is 10.1. The molecule has 1 N–H and O–H groups in total. The molecule has 3 rings (SSSR count). The van der Waals surface area contributed by atoms with Gasteiger partial charge in [0.25, 0.3) is 5.91 Å². The Balaban J connectivity index is 0.00000208. The minimum Gasteiger partial charge on any atom is -0.336 e. The predicted octanol–water partition coefficient (Wildman–Crippen LogP) is 2.55. The van der Waals surface area contributed by atoms with E-state index in [0.29, 0.717) is 23.3 Å². The maximum absolute atomic E-state index is 12.5. The van der Waals surface area contributed by atoms with Crippen LogP contribution < -0.4 is 5.32 Å². The van der Waals surface area contributed by atoms with Crippen molar-refractivity contribution in [2.75, 3.05) is 20.1 Å². The molecule has 130 valence electrons. The standard InChI is InChI=1S/C16H20ClN5O.ClH/c1-21(10-12-4-2-3-5-14(12)17)16(23)15-11-22(20-19-15)13-6-8-18-9-7-13;/h2-5,11,13,18H,6-10H2,1H3;1H. The summed E-state index contributed by atoms with van der Waals surface area (Å²) < 4.78 is 1.82. The summed E-state index contributed by atoms with van der Waals surface area (Å²) in [6.07, 6.45) is 3.76. The number of aromatic nitrogens is 3. The second-order valence-electron chi connectivity index (χ2n) is 5.82. The minimum absolute atomic E-state index is 0. The van der Waals surface area contributed by atoms with Crippen LogP contribution in [0.1, 0.15) is 34.9 Å². The largest absolute Gasteiger partial charge is 0.336 e. The number of nitrogens with one attached hydrogen (secondary N) is 1. The third-order valence-corrected chi connectivity index (χ3v) is 4.49. The smallest absolute Gasteiger partial charge is 0.276 e. The molecule has 24 heavy (non-hydrogen) atoms. The van der Waals surface area contributed by atoms with Gasteiger partial charge in [-0.1, -0.05) is 35.0 Å². The molecule has 0 saturated carbocycles. The summed E-state index contributed by atoms with van der Waals surface area (Å²) >= 11 is 6.15. The molecule has 0 unspecified atom stereocenters. The Morgan fingerprint density at radius 3 is 2.79 bits per heavy atom. The fourth-order valence-corrected chi connectivity index (χ4v) is 2.97. The van der Waals surface area contributed by atoms with Gasteiger partial charge in [0, 0.05) is 18.6 Å². The van der Waals surface area contributed by atoms with E-state index in [1.807, 2.05) is 28.9 Å². The van der Waals surface area contributed by atoms with Crippen molar-refractivity contribution < 1.29 is 4.79 Å². The number of hydrogen-bond donors (Lipinski definition) is 1. The van der Waals surface area contributed by atoms with E-state index < -0.39 is 0 Å². The van der Waals surface area contributed by atoms with Crippen LogP contribution >= 0.6 is 24.0 Å². The molecule has 8 heteroatoms. The van der Waals surface area contributed by atoms with Crippen molar-refractivity contribution in [1.82, 2.24) is 25.2 Å². The van der Waals surface area contributed by atoms with Crippen LogP contribution in [0.5, 0.6) is 0 Å². The maximum atomic E-state index is 12.5. The van der Waals surface area contributed by atoms with E-state index in [2.05, 4.69) is 15.6 Å². The van der Waals surface area contributed by atoms with Crippen LogP contribution in [-0.4, -0.2) is 45.9 Å². The maximum Gasteiger partial charge on any atom is 0.276 e. The highest BCUT2D eigenvalue weighted by atomic mass is 35.5. The normalized spacial score (nSPS) is 14.9. The number of piperidine rings is 1. The number of hydrogen-bond acceptors (Lipinski definition) is 4. The summed E-state index contributed by atoms with van der Waals surface area (Å²) in [5.41, 5.74) is 1.29. The monoisotopic (exact) mass is 369 g/mol. The van der Waals surface area contributed by atoms with Crippen molar-refractivity contribution in [1.29, 1.82) is 0 Å². The Bertz CT molecular complexity index is 685. The van der Waals surface area contributed by atoms with Crippen LogP contribution in [0, 0.1) is 0 Å². The summed E-state index contributed by atoms with van der Waals surface area (Å²) in [7, 11) is 1.75. The first kappa shape index (κ1) is 18.7. The molecule has 1 aliphatic rings. The lowest BCUT2D eigenvalue weighted by Crippen LogP contribution is -2.29. The van der Waals surface area contributed by atoms with Crippen molar-refractivity contribution in [3.8, 4) is 0 Å². The molecule has 1 aromatic heterocycles. The van der Waals surface area contributed by atoms with Crippen molar-refractivity contribution in [2.24, 2.45) is 0 Å². The highest BCUT2D eigenvalue weighted by Crippen LogP contribution is 2.19. The molecular weight excluding hydrogens is 349 g/mol. The van der Waals surface area contributed by atoms with Gasteiger partial charge in [-0.2, -0.15) is 0 Å². The molecule has 2 aromatic rings. The molecule has 0 bridgehead atoms. The van der Waals surface area contributed by atoms with E-state index >= 15 is 0 Å². The van der Waals surface area contributed by atoms with Gasteiger partial charge in [0.1, 0.15) is 0 Å². The predicted molar refractivity (Wildman–Crippen MR) is 95.7 cm³/mol. The van der Waals surface area contributed by atoms with Gasteiger partial charge in [-0.05, 0) is 37.6 Å². The summed E-state index contributed by atoms with van der Waals surface area (Å²) in [6, 6.07) is 7.84. The molecule has 2 heterocycles. The number of carbonyl (C=O) groups is 1. The van der Waals surface area contributed by atoms with Gasteiger partial charge < -0.3 is 10.2 Å². The number of halogens is 2. The van der Waals surface area contributed by atoms with Gasteiger partial charge >= 0.3 is 0 Å². The van der Waals surface area contributed by atoms with E-state index in [9.17, 15) is 4.79 Å². The van der Waals surface area contributed by atoms with E-state index in [1.165, 1.54) is 0 Å². The lowest BCUT2D eigenvalue weighted by Gasteiger charge is -2.22. The number of carbonyl (C=O) groups excluding carboxylic acids is 1. The van der Waals surface area contributed by atoms with Gasteiger partial charge in [-0.15, -0.1) is 17.5 Å². The third kappa shape index (κ3) is 4.26. The first-order valence-corrected chi connectivity index (χ1v) is 8.14. The average molecular weight is 370 g/mol. The number of nitrogens with zero attached hydrogens (tertiary/aromatic N) is 4. The van der Waals surface area contributed by atoms with Crippen molar-refractivity contribution >= 4 is 29.9 Å². The van der Waals surface area contributed by atoms with Gasteiger partial charge in [-0.25, -0.2) is 4.68 Å².